The quantitative estimate of drug-likeness (QED) is 0.656. The lowest BCUT2D eigenvalue weighted by molar-refractivity contribution is 0.445. The normalized spacial score (nSPS) is 15.9. The minimum absolute atomic E-state index is 0.0342. The van der Waals surface area contributed by atoms with Crippen molar-refractivity contribution >= 4 is 5.82 Å². The summed E-state index contributed by atoms with van der Waals surface area (Å²) in [6, 6.07) is 0. The van der Waals surface area contributed by atoms with Crippen molar-refractivity contribution in [2.75, 3.05) is 18.0 Å². The molecule has 63 valence electrons. The highest BCUT2D eigenvalue weighted by molar-refractivity contribution is 5.50. The summed E-state index contributed by atoms with van der Waals surface area (Å²) in [6.07, 6.45) is 3.63. The third-order valence-electron chi connectivity index (χ3n) is 2.14. The lowest BCUT2D eigenvalue weighted by Gasteiger charge is -2.32. The van der Waals surface area contributed by atoms with Gasteiger partial charge in [0, 0.05) is 13.1 Å². The van der Waals surface area contributed by atoms with Gasteiger partial charge in [-0.25, -0.2) is 4.98 Å². The predicted octanol–water partition coefficient (Wildman–Crippen LogP) is 0.501. The van der Waals surface area contributed by atoms with Crippen molar-refractivity contribution in [2.45, 2.75) is 13.3 Å². The van der Waals surface area contributed by atoms with Gasteiger partial charge >= 0.3 is 0 Å². The molecule has 1 aliphatic heterocycles. The lowest BCUT2D eigenvalue weighted by Crippen LogP contribution is -2.38. The number of aromatic hydroxyl groups is 1. The first-order valence-corrected chi connectivity index (χ1v) is 3.97. The highest BCUT2D eigenvalue weighted by Crippen LogP contribution is 2.25. The van der Waals surface area contributed by atoms with E-state index in [4.69, 9.17) is 0 Å². The molecule has 0 unspecified atom stereocenters. The Balaban J connectivity index is 2.36. The van der Waals surface area contributed by atoms with Gasteiger partial charge in [-0.1, -0.05) is 0 Å². The van der Waals surface area contributed by atoms with E-state index < -0.39 is 0 Å². The van der Waals surface area contributed by atoms with E-state index in [2.05, 4.69) is 21.2 Å². The van der Waals surface area contributed by atoms with Crippen LogP contribution >= 0.6 is 0 Å². The van der Waals surface area contributed by atoms with Gasteiger partial charge in [0.25, 0.3) is 0 Å². The van der Waals surface area contributed by atoms with Crippen molar-refractivity contribution in [3.63, 3.8) is 0 Å². The molecule has 2 rings (SSSR count). The van der Waals surface area contributed by atoms with Gasteiger partial charge < -0.3 is 10.0 Å². The summed E-state index contributed by atoms with van der Waals surface area (Å²) in [6.45, 7) is 3.85. The van der Waals surface area contributed by atoms with E-state index in [1.165, 1.54) is 6.42 Å². The molecule has 1 aliphatic rings. The summed E-state index contributed by atoms with van der Waals surface area (Å²) < 4.78 is 0. The molecule has 1 radical (unpaired) electrons. The molecule has 0 bridgehead atoms. The van der Waals surface area contributed by atoms with Crippen LogP contribution in [0.15, 0.2) is 0 Å². The minimum atomic E-state index is 0.0342. The highest BCUT2D eigenvalue weighted by atomic mass is 16.3. The Kier molecular flexibility index (Phi) is 1.60. The van der Waals surface area contributed by atoms with Crippen molar-refractivity contribution in [3.05, 3.63) is 11.9 Å². The topological polar surface area (TPSA) is 49.3 Å². The van der Waals surface area contributed by atoms with Gasteiger partial charge in [0.1, 0.15) is 5.82 Å². The number of hydrogen-bond donors (Lipinski definition) is 1. The van der Waals surface area contributed by atoms with Crippen LogP contribution in [0.1, 0.15) is 12.0 Å². The largest absolute Gasteiger partial charge is 0.493 e. The standard InChI is InChI=1S/C8H10N3O/c1-6-7(11-3-2-4-11)9-5-10-8(6)12/h2-4H2,1H3,(H,9,10,12). The molecular weight excluding hydrogens is 154 g/mol. The fraction of sp³-hybridized carbons (Fsp3) is 0.500. The molecular formula is C8H10N3O. The Morgan fingerprint density at radius 1 is 1.42 bits per heavy atom. The average molecular weight is 164 g/mol. The predicted molar refractivity (Wildman–Crippen MR) is 44.1 cm³/mol. The molecule has 0 spiro atoms. The van der Waals surface area contributed by atoms with E-state index in [-0.39, 0.29) is 5.88 Å². The molecule has 0 atom stereocenters. The first kappa shape index (κ1) is 7.34. The number of hydrogen-bond acceptors (Lipinski definition) is 4. The molecule has 0 aliphatic carbocycles. The molecule has 1 N–H and O–H groups in total. The van der Waals surface area contributed by atoms with Gasteiger partial charge in [-0.2, -0.15) is 4.98 Å². The highest BCUT2D eigenvalue weighted by Gasteiger charge is 2.19. The van der Waals surface area contributed by atoms with Crippen LogP contribution in [0, 0.1) is 13.3 Å². The van der Waals surface area contributed by atoms with Crippen LogP contribution in [0.2, 0.25) is 0 Å². The number of anilines is 1. The van der Waals surface area contributed by atoms with Crippen molar-refractivity contribution in [1.29, 1.82) is 0 Å². The van der Waals surface area contributed by atoms with Crippen molar-refractivity contribution in [1.82, 2.24) is 9.97 Å². The minimum Gasteiger partial charge on any atom is -0.493 e. The van der Waals surface area contributed by atoms with E-state index in [9.17, 15) is 5.11 Å². The fourth-order valence-electron chi connectivity index (χ4n) is 1.22. The third kappa shape index (κ3) is 0.995. The molecule has 1 aromatic rings. The lowest BCUT2D eigenvalue weighted by atomic mass is 10.2. The second-order valence-electron chi connectivity index (χ2n) is 2.94. The van der Waals surface area contributed by atoms with Gasteiger partial charge in [0.05, 0.1) is 5.56 Å². The van der Waals surface area contributed by atoms with Crippen molar-refractivity contribution in [2.24, 2.45) is 0 Å². The van der Waals surface area contributed by atoms with Crippen LogP contribution in [0.5, 0.6) is 5.88 Å². The first-order chi connectivity index (χ1) is 5.79. The maximum absolute atomic E-state index is 9.26. The first-order valence-electron chi connectivity index (χ1n) is 3.97. The zero-order valence-electron chi connectivity index (χ0n) is 6.91. The SMILES string of the molecule is Cc1c(O)n[c]nc1N1CCC1. The fourth-order valence-corrected chi connectivity index (χ4v) is 1.22. The van der Waals surface area contributed by atoms with Crippen LogP contribution in [-0.4, -0.2) is 28.2 Å². The molecule has 4 heteroatoms. The molecule has 1 aromatic heterocycles. The molecule has 1 saturated heterocycles. The molecule has 0 amide bonds. The van der Waals surface area contributed by atoms with E-state index in [0.29, 0.717) is 0 Å². The Labute approximate surface area is 70.9 Å². The van der Waals surface area contributed by atoms with Gasteiger partial charge in [-0.15, -0.1) is 0 Å². The average Bonchev–Trinajstić information content (AvgIpc) is 1.95. The van der Waals surface area contributed by atoms with E-state index >= 15 is 0 Å². The smallest absolute Gasteiger partial charge is 0.219 e. The molecule has 12 heavy (non-hydrogen) atoms. The van der Waals surface area contributed by atoms with Gasteiger partial charge in [-0.05, 0) is 13.3 Å². The summed E-state index contributed by atoms with van der Waals surface area (Å²) in [5.74, 6) is 0.848. The van der Waals surface area contributed by atoms with Crippen molar-refractivity contribution < 1.29 is 5.11 Å². The zero-order chi connectivity index (χ0) is 8.55. The Morgan fingerprint density at radius 3 is 2.75 bits per heavy atom. The molecule has 2 heterocycles. The summed E-state index contributed by atoms with van der Waals surface area (Å²) in [5, 5.41) is 9.26. The number of rotatable bonds is 1. The Hall–Kier alpha value is -1.32. The van der Waals surface area contributed by atoms with Crippen LogP contribution in [0.3, 0.4) is 0 Å². The summed E-state index contributed by atoms with van der Waals surface area (Å²) >= 11 is 0. The molecule has 0 saturated carbocycles. The van der Waals surface area contributed by atoms with Gasteiger partial charge in [-0.3, -0.25) is 0 Å². The van der Waals surface area contributed by atoms with Crippen molar-refractivity contribution in [3.8, 4) is 5.88 Å². The van der Waals surface area contributed by atoms with E-state index in [1.807, 2.05) is 6.92 Å². The van der Waals surface area contributed by atoms with E-state index in [1.54, 1.807) is 0 Å². The van der Waals surface area contributed by atoms with Gasteiger partial charge in [0.15, 0.2) is 0 Å². The number of aromatic nitrogens is 2. The second kappa shape index (κ2) is 2.62. The molecule has 4 nitrogen and oxygen atoms in total. The third-order valence-corrected chi connectivity index (χ3v) is 2.14. The van der Waals surface area contributed by atoms with Gasteiger partial charge in [0.2, 0.25) is 12.2 Å². The van der Waals surface area contributed by atoms with E-state index in [0.717, 1.165) is 24.5 Å². The second-order valence-corrected chi connectivity index (χ2v) is 2.94. The summed E-state index contributed by atoms with van der Waals surface area (Å²) in [7, 11) is 0. The summed E-state index contributed by atoms with van der Waals surface area (Å²) in [5.41, 5.74) is 0.744. The van der Waals surface area contributed by atoms with Crippen LogP contribution in [0.25, 0.3) is 0 Å². The monoisotopic (exact) mass is 164 g/mol. The Morgan fingerprint density at radius 2 is 2.17 bits per heavy atom. The Bertz CT molecular complexity index is 296. The zero-order valence-corrected chi connectivity index (χ0v) is 6.91. The molecule has 0 aromatic carbocycles. The maximum atomic E-state index is 9.26. The maximum Gasteiger partial charge on any atom is 0.219 e. The van der Waals surface area contributed by atoms with Crippen LogP contribution < -0.4 is 4.90 Å². The number of nitrogens with zero attached hydrogens (tertiary/aromatic N) is 3. The van der Waals surface area contributed by atoms with Crippen LogP contribution in [0.4, 0.5) is 5.82 Å². The molecule has 1 fully saturated rings. The van der Waals surface area contributed by atoms with Crippen LogP contribution in [-0.2, 0) is 0 Å². The summed E-state index contributed by atoms with van der Waals surface area (Å²) in [4.78, 5) is 9.67.